The van der Waals surface area contributed by atoms with E-state index in [0.29, 0.717) is 58.9 Å². The van der Waals surface area contributed by atoms with E-state index in [1.807, 2.05) is 69.3 Å². The van der Waals surface area contributed by atoms with Crippen molar-refractivity contribution < 1.29 is 33.7 Å². The number of imidazole rings is 1. The molecular weight excluding hydrogens is 648 g/mol. The summed E-state index contributed by atoms with van der Waals surface area (Å²) in [6, 6.07) is 16.4. The molecule has 11 nitrogen and oxygen atoms in total. The summed E-state index contributed by atoms with van der Waals surface area (Å²) in [4.78, 5) is 53.6. The molecule has 11 heteroatoms. The van der Waals surface area contributed by atoms with Crippen LogP contribution in [0.25, 0.3) is 22.4 Å². The van der Waals surface area contributed by atoms with Gasteiger partial charge in [0.15, 0.2) is 11.5 Å². The number of ether oxygens (including phenoxy) is 3. The maximum atomic E-state index is 14.9. The van der Waals surface area contributed by atoms with E-state index in [-0.39, 0.29) is 31.3 Å². The first kappa shape index (κ1) is 35.8. The second kappa shape index (κ2) is 14.3. The number of benzene rings is 3. The van der Waals surface area contributed by atoms with Crippen molar-refractivity contribution in [3.63, 3.8) is 0 Å². The van der Waals surface area contributed by atoms with Gasteiger partial charge in [0.2, 0.25) is 5.91 Å². The highest BCUT2D eigenvalue weighted by Crippen LogP contribution is 2.49. The van der Waals surface area contributed by atoms with Gasteiger partial charge < -0.3 is 29.2 Å². The van der Waals surface area contributed by atoms with Gasteiger partial charge in [-0.3, -0.25) is 14.5 Å². The Morgan fingerprint density at radius 1 is 0.941 bits per heavy atom. The number of imide groups is 1. The fourth-order valence-corrected chi connectivity index (χ4v) is 7.97. The first-order valence-electron chi connectivity index (χ1n) is 17.7. The van der Waals surface area contributed by atoms with Crippen LogP contribution in [-0.2, 0) is 16.6 Å². The van der Waals surface area contributed by atoms with Crippen LogP contribution in [0.15, 0.2) is 54.6 Å². The third-order valence-corrected chi connectivity index (χ3v) is 10.7. The number of carboxylic acid groups (broad SMARTS) is 1. The van der Waals surface area contributed by atoms with Crippen molar-refractivity contribution in [1.82, 2.24) is 19.8 Å². The molecule has 0 saturated heterocycles. The zero-order valence-electron chi connectivity index (χ0n) is 30.4. The van der Waals surface area contributed by atoms with Crippen LogP contribution < -0.4 is 14.2 Å². The van der Waals surface area contributed by atoms with Crippen molar-refractivity contribution in [1.29, 1.82) is 0 Å². The molecule has 1 fully saturated rings. The fourth-order valence-electron chi connectivity index (χ4n) is 7.97. The molecule has 4 aromatic rings. The third-order valence-electron chi connectivity index (χ3n) is 10.7. The molecule has 1 unspecified atom stereocenters. The molecule has 3 aromatic carbocycles. The average molecular weight is 697 g/mol. The van der Waals surface area contributed by atoms with Crippen LogP contribution in [0.3, 0.4) is 0 Å². The molecule has 6 rings (SSSR count). The number of H-pyrrole nitrogens is 1. The van der Waals surface area contributed by atoms with E-state index >= 15 is 0 Å². The van der Waals surface area contributed by atoms with Crippen molar-refractivity contribution in [3.8, 4) is 28.6 Å². The van der Waals surface area contributed by atoms with Crippen LogP contribution in [-0.4, -0.2) is 83.2 Å². The molecule has 1 aliphatic carbocycles. The minimum atomic E-state index is -1.06. The maximum Gasteiger partial charge on any atom is 0.407 e. The number of nitrogens with zero attached hydrogens (tertiary/aromatic N) is 3. The van der Waals surface area contributed by atoms with Crippen molar-refractivity contribution in [2.45, 2.75) is 77.2 Å². The second-order valence-corrected chi connectivity index (χ2v) is 14.7. The van der Waals surface area contributed by atoms with E-state index in [4.69, 9.17) is 19.2 Å². The summed E-state index contributed by atoms with van der Waals surface area (Å²) in [5.41, 5.74) is 2.68. The Bertz CT molecular complexity index is 1940. The Morgan fingerprint density at radius 2 is 1.65 bits per heavy atom. The predicted octanol–water partition coefficient (Wildman–Crippen LogP) is 7.47. The quantitative estimate of drug-likeness (QED) is 0.154. The molecular formula is C40H48N4O7. The third kappa shape index (κ3) is 6.61. The number of rotatable bonds is 11. The Hall–Kier alpha value is -5.06. The summed E-state index contributed by atoms with van der Waals surface area (Å²) >= 11 is 0. The van der Waals surface area contributed by atoms with Gasteiger partial charge in [-0.05, 0) is 72.6 Å². The maximum absolute atomic E-state index is 14.9. The van der Waals surface area contributed by atoms with Gasteiger partial charge in [-0.2, -0.15) is 0 Å². The molecule has 1 saturated carbocycles. The molecule has 2 heterocycles. The number of methoxy groups -OCH3 is 3. The van der Waals surface area contributed by atoms with E-state index in [2.05, 4.69) is 4.98 Å². The van der Waals surface area contributed by atoms with E-state index in [0.717, 1.165) is 36.0 Å². The molecule has 51 heavy (non-hydrogen) atoms. The lowest BCUT2D eigenvalue weighted by Crippen LogP contribution is -2.61. The van der Waals surface area contributed by atoms with Crippen molar-refractivity contribution in [2.75, 3.05) is 34.4 Å². The van der Waals surface area contributed by atoms with Gasteiger partial charge in [0.25, 0.3) is 5.91 Å². The molecule has 1 aliphatic heterocycles. The standard InChI is InChI=1S/C40H48N4O7/c1-39(2,3)32(19-23-43(38(47)48)22-18-25-14-17-30(50-5)31(24-25)51-6)44-36(45)33-27(40(37(44)46)20-10-7-11-21-40)15-16-28-34(33)42-35(41-28)26-12-8-9-13-29(26)49-4/h8-9,12-17,24,32H,7,10-11,18-23H2,1-6H3,(H,41,42)(H,47,48). The number of hydrogen-bond donors (Lipinski definition) is 2. The van der Waals surface area contributed by atoms with Crippen LogP contribution in [0.1, 0.15) is 80.8 Å². The highest BCUT2D eigenvalue weighted by Gasteiger charge is 2.54. The number of nitrogens with one attached hydrogen (secondary N) is 1. The van der Waals surface area contributed by atoms with Crippen LogP contribution in [0, 0.1) is 5.41 Å². The number of aromatic amines is 1. The van der Waals surface area contributed by atoms with Gasteiger partial charge in [-0.25, -0.2) is 9.78 Å². The lowest BCUT2D eigenvalue weighted by molar-refractivity contribution is -0.141. The molecule has 3 amide bonds. The lowest BCUT2D eigenvalue weighted by atomic mass is 9.64. The van der Waals surface area contributed by atoms with E-state index in [1.165, 1.54) is 9.80 Å². The largest absolute Gasteiger partial charge is 0.496 e. The number of hydrogen-bond acceptors (Lipinski definition) is 7. The second-order valence-electron chi connectivity index (χ2n) is 14.7. The molecule has 2 aliphatic rings. The zero-order valence-corrected chi connectivity index (χ0v) is 30.4. The Labute approximate surface area is 298 Å². The fraction of sp³-hybridized carbons (Fsp3) is 0.450. The Morgan fingerprint density at radius 3 is 2.31 bits per heavy atom. The van der Waals surface area contributed by atoms with Crippen LogP contribution in [0.5, 0.6) is 17.2 Å². The summed E-state index contributed by atoms with van der Waals surface area (Å²) in [6.07, 6.45) is 3.74. The summed E-state index contributed by atoms with van der Waals surface area (Å²) in [7, 11) is 4.74. The normalized spacial score (nSPS) is 16.2. The van der Waals surface area contributed by atoms with Gasteiger partial charge in [0, 0.05) is 19.1 Å². The zero-order chi connectivity index (χ0) is 36.5. The molecule has 0 bridgehead atoms. The number of fused-ring (bicyclic) bond motifs is 4. The molecule has 0 radical (unpaired) electrons. The van der Waals surface area contributed by atoms with Crippen LogP contribution >= 0.6 is 0 Å². The topological polar surface area (TPSA) is 134 Å². The van der Waals surface area contributed by atoms with Gasteiger partial charge in [-0.15, -0.1) is 0 Å². The number of para-hydroxylation sites is 1. The lowest BCUT2D eigenvalue weighted by Gasteiger charge is -2.49. The van der Waals surface area contributed by atoms with Gasteiger partial charge in [-0.1, -0.05) is 64.3 Å². The summed E-state index contributed by atoms with van der Waals surface area (Å²) in [5, 5.41) is 10.3. The highest BCUT2D eigenvalue weighted by atomic mass is 16.5. The highest BCUT2D eigenvalue weighted by molar-refractivity contribution is 6.18. The smallest absolute Gasteiger partial charge is 0.407 e. The van der Waals surface area contributed by atoms with Crippen molar-refractivity contribution in [2.24, 2.45) is 5.41 Å². The molecule has 1 spiro atoms. The summed E-state index contributed by atoms with van der Waals surface area (Å²) in [5.74, 6) is 1.82. The van der Waals surface area contributed by atoms with E-state index in [9.17, 15) is 19.5 Å². The number of amides is 3. The minimum absolute atomic E-state index is 0.145. The summed E-state index contributed by atoms with van der Waals surface area (Å²) in [6.45, 7) is 6.39. The Balaban J connectivity index is 1.36. The van der Waals surface area contributed by atoms with E-state index in [1.54, 1.807) is 27.4 Å². The van der Waals surface area contributed by atoms with Crippen molar-refractivity contribution in [3.05, 3.63) is 71.3 Å². The SMILES string of the molecule is COc1ccc(CCN(CCC(N2C(=O)c3c(ccc4[nH]c(-c5ccccc5OC)nc34)C3(CCCCC3)C2=O)C(C)(C)C)C(=O)O)cc1OC. The molecule has 1 aromatic heterocycles. The van der Waals surface area contributed by atoms with Crippen LogP contribution in [0.4, 0.5) is 4.79 Å². The number of aromatic nitrogens is 2. The number of carbonyl (C=O) groups excluding carboxylic acids is 2. The summed E-state index contributed by atoms with van der Waals surface area (Å²) < 4.78 is 16.4. The minimum Gasteiger partial charge on any atom is -0.496 e. The molecule has 270 valence electrons. The number of carbonyl (C=O) groups is 3. The predicted molar refractivity (Wildman–Crippen MR) is 195 cm³/mol. The average Bonchev–Trinajstić information content (AvgIpc) is 3.57. The Kier molecular flexibility index (Phi) is 10.0. The van der Waals surface area contributed by atoms with Gasteiger partial charge in [0.05, 0.1) is 43.4 Å². The molecule has 2 N–H and O–H groups in total. The van der Waals surface area contributed by atoms with Gasteiger partial charge in [0.1, 0.15) is 17.1 Å². The first-order valence-corrected chi connectivity index (χ1v) is 17.7. The monoisotopic (exact) mass is 696 g/mol. The molecule has 1 atom stereocenters. The van der Waals surface area contributed by atoms with E-state index < -0.39 is 23.0 Å². The van der Waals surface area contributed by atoms with Gasteiger partial charge >= 0.3 is 6.09 Å². The van der Waals surface area contributed by atoms with Crippen molar-refractivity contribution >= 4 is 28.9 Å². The first-order chi connectivity index (χ1) is 24.4. The van der Waals surface area contributed by atoms with Crippen LogP contribution in [0.2, 0.25) is 0 Å².